The zero-order valence-electron chi connectivity index (χ0n) is 11.1. The number of carbonyl (C=O) groups is 3. The van der Waals surface area contributed by atoms with E-state index in [9.17, 15) is 14.4 Å². The summed E-state index contributed by atoms with van der Waals surface area (Å²) in [6, 6.07) is 9.63. The van der Waals surface area contributed by atoms with Gasteiger partial charge in [0.25, 0.3) is 0 Å². The van der Waals surface area contributed by atoms with Gasteiger partial charge in [0, 0.05) is 23.6 Å². The molecular weight excluding hydrogens is 290 g/mol. The maximum atomic E-state index is 12.6. The number of halogens is 1. The summed E-state index contributed by atoms with van der Waals surface area (Å²) in [5.74, 6) is -0.917. The molecule has 1 aliphatic rings. The van der Waals surface area contributed by atoms with Gasteiger partial charge in [-0.15, -0.1) is 0 Å². The predicted octanol–water partition coefficient (Wildman–Crippen LogP) is 3.07. The van der Waals surface area contributed by atoms with Crippen molar-refractivity contribution in [1.82, 2.24) is 0 Å². The molecule has 1 amide bonds. The van der Waals surface area contributed by atoms with Gasteiger partial charge in [-0.2, -0.15) is 0 Å². The van der Waals surface area contributed by atoms with Crippen molar-refractivity contribution in [3.8, 4) is 0 Å². The molecule has 0 heterocycles. The number of fused-ring (bicyclic) bond motifs is 2. The molecule has 2 aromatic carbocycles. The molecule has 104 valence electrons. The Morgan fingerprint density at radius 3 is 2.19 bits per heavy atom. The molecule has 0 aromatic heterocycles. The number of anilines is 1. The molecular formula is C16H10ClNO3. The van der Waals surface area contributed by atoms with Gasteiger partial charge in [-0.25, -0.2) is 0 Å². The monoisotopic (exact) mass is 299 g/mol. The number of ketones is 2. The second-order valence-corrected chi connectivity index (χ2v) is 5.14. The minimum absolute atomic E-state index is 0.154. The summed E-state index contributed by atoms with van der Waals surface area (Å²) in [6.07, 6.45) is 0. The first-order valence-corrected chi connectivity index (χ1v) is 6.67. The van der Waals surface area contributed by atoms with E-state index in [2.05, 4.69) is 5.32 Å². The molecule has 1 aliphatic carbocycles. The van der Waals surface area contributed by atoms with Crippen LogP contribution < -0.4 is 5.32 Å². The highest BCUT2D eigenvalue weighted by atomic mass is 35.5. The average Bonchev–Trinajstić information content (AvgIpc) is 2.46. The van der Waals surface area contributed by atoms with Gasteiger partial charge in [-0.05, 0) is 12.1 Å². The third-order valence-electron chi connectivity index (χ3n) is 3.34. The second kappa shape index (κ2) is 4.82. The van der Waals surface area contributed by atoms with Gasteiger partial charge in [0.15, 0.2) is 11.6 Å². The van der Waals surface area contributed by atoms with Gasteiger partial charge in [0.1, 0.15) is 0 Å². The molecule has 3 rings (SSSR count). The highest BCUT2D eigenvalue weighted by Gasteiger charge is 2.32. The van der Waals surface area contributed by atoms with Crippen molar-refractivity contribution in [3.05, 3.63) is 63.7 Å². The third kappa shape index (κ3) is 2.04. The van der Waals surface area contributed by atoms with Crippen LogP contribution >= 0.6 is 11.6 Å². The van der Waals surface area contributed by atoms with Crippen LogP contribution in [-0.4, -0.2) is 17.5 Å². The summed E-state index contributed by atoms with van der Waals surface area (Å²) in [6.45, 7) is 1.32. The van der Waals surface area contributed by atoms with Gasteiger partial charge in [0.05, 0.1) is 16.3 Å². The Kier molecular flexibility index (Phi) is 3.11. The maximum absolute atomic E-state index is 12.6. The van der Waals surface area contributed by atoms with E-state index in [0.29, 0.717) is 11.1 Å². The summed E-state index contributed by atoms with van der Waals surface area (Å²) in [7, 11) is 0. The molecule has 21 heavy (non-hydrogen) atoms. The fourth-order valence-electron chi connectivity index (χ4n) is 2.46. The standard InChI is InChI=1S/C16H10ClNO3/c1-8(19)18-14-12(17)7-6-11-13(14)16(21)10-5-3-2-4-9(10)15(11)20/h2-7H,1H3,(H,18,19). The molecule has 0 fully saturated rings. The van der Waals surface area contributed by atoms with Gasteiger partial charge in [-0.1, -0.05) is 35.9 Å². The maximum Gasteiger partial charge on any atom is 0.221 e. The number of amides is 1. The van der Waals surface area contributed by atoms with Crippen LogP contribution in [0.1, 0.15) is 38.8 Å². The van der Waals surface area contributed by atoms with Crippen molar-refractivity contribution in [2.45, 2.75) is 6.92 Å². The van der Waals surface area contributed by atoms with Gasteiger partial charge < -0.3 is 5.32 Å². The average molecular weight is 300 g/mol. The van der Waals surface area contributed by atoms with Crippen molar-refractivity contribution in [3.63, 3.8) is 0 Å². The summed E-state index contributed by atoms with van der Waals surface area (Å²) in [5, 5.41) is 2.77. The van der Waals surface area contributed by atoms with Crippen molar-refractivity contribution < 1.29 is 14.4 Å². The molecule has 0 radical (unpaired) electrons. The fraction of sp³-hybridized carbons (Fsp3) is 0.0625. The Morgan fingerprint density at radius 2 is 1.57 bits per heavy atom. The predicted molar refractivity (Wildman–Crippen MR) is 79.1 cm³/mol. The lowest BCUT2D eigenvalue weighted by molar-refractivity contribution is -0.114. The SMILES string of the molecule is CC(=O)Nc1c(Cl)ccc2c1C(=O)c1ccccc1C2=O. The molecule has 1 N–H and O–H groups in total. The van der Waals surface area contributed by atoms with Crippen molar-refractivity contribution in [2.75, 3.05) is 5.32 Å². The van der Waals surface area contributed by atoms with Gasteiger partial charge >= 0.3 is 0 Å². The molecule has 0 saturated carbocycles. The molecule has 0 atom stereocenters. The number of hydrogen-bond donors (Lipinski definition) is 1. The minimum atomic E-state index is -0.357. The zero-order chi connectivity index (χ0) is 15.1. The Bertz CT molecular complexity index is 811. The quantitative estimate of drug-likeness (QED) is 0.751. The smallest absolute Gasteiger partial charge is 0.221 e. The van der Waals surface area contributed by atoms with Gasteiger partial charge in [0.2, 0.25) is 5.91 Å². The molecule has 0 bridgehead atoms. The topological polar surface area (TPSA) is 63.2 Å². The highest BCUT2D eigenvalue weighted by molar-refractivity contribution is 6.38. The van der Waals surface area contributed by atoms with E-state index < -0.39 is 0 Å². The Labute approximate surface area is 125 Å². The Balaban J connectivity index is 2.30. The lowest BCUT2D eigenvalue weighted by Gasteiger charge is -2.20. The number of carbonyl (C=O) groups excluding carboxylic acids is 3. The van der Waals surface area contributed by atoms with Crippen LogP contribution in [-0.2, 0) is 4.79 Å². The van der Waals surface area contributed by atoms with E-state index in [4.69, 9.17) is 11.6 Å². The summed E-state index contributed by atoms with van der Waals surface area (Å²) in [4.78, 5) is 36.5. The Hall–Kier alpha value is -2.46. The minimum Gasteiger partial charge on any atom is -0.324 e. The van der Waals surface area contributed by atoms with Crippen LogP contribution in [0, 0.1) is 0 Å². The fourth-order valence-corrected chi connectivity index (χ4v) is 2.66. The molecule has 2 aromatic rings. The van der Waals surface area contributed by atoms with E-state index in [0.717, 1.165) is 0 Å². The van der Waals surface area contributed by atoms with Crippen LogP contribution in [0.25, 0.3) is 0 Å². The van der Waals surface area contributed by atoms with Crippen molar-refractivity contribution >= 4 is 34.8 Å². The van der Waals surface area contributed by atoms with E-state index in [1.54, 1.807) is 24.3 Å². The molecule has 0 saturated heterocycles. The van der Waals surface area contributed by atoms with Crippen LogP contribution in [0.5, 0.6) is 0 Å². The van der Waals surface area contributed by atoms with Crippen LogP contribution in [0.2, 0.25) is 5.02 Å². The first-order chi connectivity index (χ1) is 10.0. The summed E-state index contributed by atoms with van der Waals surface area (Å²) >= 11 is 6.07. The molecule has 4 nitrogen and oxygen atoms in total. The largest absolute Gasteiger partial charge is 0.324 e. The number of rotatable bonds is 1. The van der Waals surface area contributed by atoms with E-state index in [1.165, 1.54) is 19.1 Å². The van der Waals surface area contributed by atoms with E-state index in [1.807, 2.05) is 0 Å². The van der Waals surface area contributed by atoms with Crippen molar-refractivity contribution in [2.24, 2.45) is 0 Å². The molecule has 0 unspecified atom stereocenters. The number of benzene rings is 2. The number of nitrogens with one attached hydrogen (secondary N) is 1. The van der Waals surface area contributed by atoms with E-state index in [-0.39, 0.29) is 39.3 Å². The first-order valence-electron chi connectivity index (χ1n) is 6.29. The second-order valence-electron chi connectivity index (χ2n) is 4.73. The van der Waals surface area contributed by atoms with E-state index >= 15 is 0 Å². The zero-order valence-corrected chi connectivity index (χ0v) is 11.8. The molecule has 0 aliphatic heterocycles. The normalized spacial score (nSPS) is 12.7. The lowest BCUT2D eigenvalue weighted by atomic mass is 9.83. The molecule has 5 heteroatoms. The van der Waals surface area contributed by atoms with Crippen molar-refractivity contribution in [1.29, 1.82) is 0 Å². The summed E-state index contributed by atoms with van der Waals surface area (Å²) in [5.41, 5.74) is 1.29. The van der Waals surface area contributed by atoms with Gasteiger partial charge in [-0.3, -0.25) is 14.4 Å². The third-order valence-corrected chi connectivity index (χ3v) is 3.66. The van der Waals surface area contributed by atoms with Crippen LogP contribution in [0.15, 0.2) is 36.4 Å². The Morgan fingerprint density at radius 1 is 0.952 bits per heavy atom. The van der Waals surface area contributed by atoms with Crippen LogP contribution in [0.4, 0.5) is 5.69 Å². The van der Waals surface area contributed by atoms with Crippen LogP contribution in [0.3, 0.4) is 0 Å². The summed E-state index contributed by atoms with van der Waals surface area (Å²) < 4.78 is 0. The highest BCUT2D eigenvalue weighted by Crippen LogP contribution is 2.36. The number of hydrogen-bond acceptors (Lipinski definition) is 3. The first kappa shape index (κ1) is 13.5. The molecule has 0 spiro atoms. The lowest BCUT2D eigenvalue weighted by Crippen LogP contribution is -2.23.